The van der Waals surface area contributed by atoms with Crippen LogP contribution in [0.1, 0.15) is 37.7 Å². The van der Waals surface area contributed by atoms with Gasteiger partial charge in [0.2, 0.25) is 5.91 Å². The molecule has 1 atom stereocenters. The molecule has 1 unspecified atom stereocenters. The van der Waals surface area contributed by atoms with Crippen molar-refractivity contribution in [2.24, 2.45) is 0 Å². The van der Waals surface area contributed by atoms with Gasteiger partial charge in [-0.1, -0.05) is 13.0 Å². The van der Waals surface area contributed by atoms with Crippen molar-refractivity contribution in [1.29, 1.82) is 0 Å². The van der Waals surface area contributed by atoms with E-state index in [1.165, 1.54) is 11.0 Å². The molecule has 2 rings (SSSR count). The van der Waals surface area contributed by atoms with Gasteiger partial charge in [-0.15, -0.1) is 0 Å². The fraction of sp³-hybridized carbons (Fsp3) is 0.438. The lowest BCUT2D eigenvalue weighted by Crippen LogP contribution is -2.33. The van der Waals surface area contributed by atoms with Gasteiger partial charge < -0.3 is 4.90 Å². The molecule has 5 nitrogen and oxygen atoms in total. The number of benzene rings is 1. The Bertz CT molecular complexity index is 787. The van der Waals surface area contributed by atoms with E-state index in [-0.39, 0.29) is 12.5 Å². The predicted molar refractivity (Wildman–Crippen MR) is 88.9 cm³/mol. The van der Waals surface area contributed by atoms with E-state index in [0.717, 1.165) is 24.4 Å². The topological polar surface area (TPSA) is 53.9 Å². The Labute approximate surface area is 144 Å². The zero-order chi connectivity index (χ0) is 17.9. The summed E-state index contributed by atoms with van der Waals surface area (Å²) >= 11 is 5.17. The Hall–Kier alpha value is -2.09. The molecule has 0 aliphatic rings. The Morgan fingerprint density at radius 2 is 2.12 bits per heavy atom. The van der Waals surface area contributed by atoms with Crippen molar-refractivity contribution >= 4 is 18.1 Å². The summed E-state index contributed by atoms with van der Waals surface area (Å²) in [5.74, 6) is -1.30. The number of hydrogen-bond donors (Lipinski definition) is 1. The van der Waals surface area contributed by atoms with E-state index in [0.29, 0.717) is 16.8 Å². The van der Waals surface area contributed by atoms with Gasteiger partial charge in [-0.25, -0.2) is 8.78 Å². The highest BCUT2D eigenvalue weighted by Crippen LogP contribution is 2.21. The van der Waals surface area contributed by atoms with Crippen LogP contribution >= 0.6 is 12.2 Å². The lowest BCUT2D eigenvalue weighted by atomic mass is 10.1. The molecule has 0 aliphatic carbocycles. The summed E-state index contributed by atoms with van der Waals surface area (Å²) in [7, 11) is 1.62. The Morgan fingerprint density at radius 3 is 2.75 bits per heavy atom. The zero-order valence-electron chi connectivity index (χ0n) is 13.8. The van der Waals surface area contributed by atoms with Gasteiger partial charge in [0.25, 0.3) is 0 Å². The number of nitrogens with zero attached hydrogens (tertiary/aromatic N) is 3. The molecule has 0 saturated carbocycles. The number of carbonyl (C=O) groups excluding carboxylic acids is 1. The smallest absolute Gasteiger partial charge is 0.242 e. The molecule has 1 heterocycles. The number of nitrogens with one attached hydrogen (secondary N) is 1. The summed E-state index contributed by atoms with van der Waals surface area (Å²) in [6.07, 6.45) is 1.60. The van der Waals surface area contributed by atoms with Gasteiger partial charge in [-0.2, -0.15) is 5.10 Å². The summed E-state index contributed by atoms with van der Waals surface area (Å²) in [6, 6.07) is 3.24. The lowest BCUT2D eigenvalue weighted by Gasteiger charge is -2.26. The number of aromatic amines is 1. The maximum atomic E-state index is 13.4. The van der Waals surface area contributed by atoms with Crippen LogP contribution in [0.25, 0.3) is 0 Å². The van der Waals surface area contributed by atoms with Crippen molar-refractivity contribution in [3.05, 3.63) is 46.0 Å². The van der Waals surface area contributed by atoms with Crippen molar-refractivity contribution < 1.29 is 13.6 Å². The van der Waals surface area contributed by atoms with Crippen LogP contribution in [0.15, 0.2) is 18.2 Å². The Morgan fingerprint density at radius 1 is 1.42 bits per heavy atom. The molecular weight excluding hydrogens is 334 g/mol. The van der Waals surface area contributed by atoms with Crippen LogP contribution < -0.4 is 0 Å². The molecule has 0 saturated heterocycles. The van der Waals surface area contributed by atoms with Crippen molar-refractivity contribution in [3.63, 3.8) is 0 Å². The van der Waals surface area contributed by atoms with Gasteiger partial charge in [-0.05, 0) is 43.3 Å². The first-order chi connectivity index (χ1) is 11.3. The molecule has 0 fully saturated rings. The highest BCUT2D eigenvalue weighted by Gasteiger charge is 2.20. The molecule has 0 radical (unpaired) electrons. The minimum absolute atomic E-state index is 0.0508. The normalized spacial score (nSPS) is 12.2. The predicted octanol–water partition coefficient (Wildman–Crippen LogP) is 3.39. The molecular formula is C16H20F2N4OS. The van der Waals surface area contributed by atoms with E-state index in [4.69, 9.17) is 12.2 Å². The van der Waals surface area contributed by atoms with Crippen LogP contribution in [-0.4, -0.2) is 32.6 Å². The summed E-state index contributed by atoms with van der Waals surface area (Å²) in [5.41, 5.74) is 0.523. The van der Waals surface area contributed by atoms with Crippen LogP contribution in [0.5, 0.6) is 0 Å². The van der Waals surface area contributed by atoms with Crippen molar-refractivity contribution in [2.45, 2.75) is 39.3 Å². The first-order valence-electron chi connectivity index (χ1n) is 7.69. The van der Waals surface area contributed by atoms with Crippen molar-refractivity contribution in [3.8, 4) is 0 Å². The average molecular weight is 354 g/mol. The van der Waals surface area contributed by atoms with Gasteiger partial charge in [0.05, 0.1) is 6.04 Å². The second-order valence-electron chi connectivity index (χ2n) is 5.64. The zero-order valence-corrected chi connectivity index (χ0v) is 14.7. The quantitative estimate of drug-likeness (QED) is 0.809. The molecule has 0 bridgehead atoms. The van der Waals surface area contributed by atoms with E-state index in [2.05, 4.69) is 10.2 Å². The Balaban J connectivity index is 2.15. The lowest BCUT2D eigenvalue weighted by molar-refractivity contribution is -0.132. The van der Waals surface area contributed by atoms with Gasteiger partial charge >= 0.3 is 0 Å². The molecule has 24 heavy (non-hydrogen) atoms. The van der Waals surface area contributed by atoms with Crippen LogP contribution in [0.3, 0.4) is 0 Å². The standard InChI is InChI=1S/C16H20F2N4OS/c1-4-5-14-19-20-16(24)22(14)9-15(23)21(3)10(2)11-6-7-12(17)13(18)8-11/h6-8,10H,4-5,9H2,1-3H3,(H,20,24). The highest BCUT2D eigenvalue weighted by atomic mass is 32.1. The molecule has 1 aromatic carbocycles. The van der Waals surface area contributed by atoms with Crippen LogP contribution in [0, 0.1) is 16.4 Å². The summed E-state index contributed by atoms with van der Waals surface area (Å²) in [6.45, 7) is 3.82. The van der Waals surface area contributed by atoms with Gasteiger partial charge in [-0.3, -0.25) is 14.5 Å². The SMILES string of the molecule is CCCc1n[nH]c(=S)n1CC(=O)N(C)C(C)c1ccc(F)c(F)c1. The van der Waals surface area contributed by atoms with Crippen LogP contribution in [-0.2, 0) is 17.8 Å². The summed E-state index contributed by atoms with van der Waals surface area (Å²) < 4.78 is 28.5. The van der Waals surface area contributed by atoms with Gasteiger partial charge in [0.1, 0.15) is 12.4 Å². The molecule has 130 valence electrons. The second-order valence-corrected chi connectivity index (χ2v) is 6.02. The third kappa shape index (κ3) is 3.87. The number of rotatable bonds is 6. The molecule has 0 aliphatic heterocycles. The van der Waals surface area contributed by atoms with Gasteiger partial charge in [0, 0.05) is 13.5 Å². The van der Waals surface area contributed by atoms with Crippen LogP contribution in [0.4, 0.5) is 8.78 Å². The van der Waals surface area contributed by atoms with E-state index in [9.17, 15) is 13.6 Å². The number of hydrogen-bond acceptors (Lipinski definition) is 3. The molecule has 1 aromatic heterocycles. The number of likely N-dealkylation sites (N-methyl/N-ethyl adjacent to an activating group) is 1. The molecule has 8 heteroatoms. The molecule has 1 N–H and O–H groups in total. The molecule has 1 amide bonds. The third-order valence-corrected chi connectivity index (χ3v) is 4.32. The van der Waals surface area contributed by atoms with Crippen LogP contribution in [0.2, 0.25) is 0 Å². The van der Waals surface area contributed by atoms with E-state index in [1.807, 2.05) is 6.92 Å². The minimum Gasteiger partial charge on any atom is -0.337 e. The number of aromatic nitrogens is 3. The largest absolute Gasteiger partial charge is 0.337 e. The molecule has 0 spiro atoms. The van der Waals surface area contributed by atoms with E-state index < -0.39 is 17.7 Å². The fourth-order valence-electron chi connectivity index (χ4n) is 2.39. The highest BCUT2D eigenvalue weighted by molar-refractivity contribution is 7.71. The number of halogens is 2. The van der Waals surface area contributed by atoms with Crippen molar-refractivity contribution in [1.82, 2.24) is 19.7 Å². The number of H-pyrrole nitrogens is 1. The monoisotopic (exact) mass is 354 g/mol. The number of carbonyl (C=O) groups is 1. The van der Waals surface area contributed by atoms with E-state index >= 15 is 0 Å². The maximum absolute atomic E-state index is 13.4. The fourth-order valence-corrected chi connectivity index (χ4v) is 2.60. The second kappa shape index (κ2) is 7.65. The summed E-state index contributed by atoms with van der Waals surface area (Å²) in [4.78, 5) is 14.0. The minimum atomic E-state index is -0.928. The number of amides is 1. The van der Waals surface area contributed by atoms with E-state index in [1.54, 1.807) is 18.5 Å². The third-order valence-electron chi connectivity index (χ3n) is 4.00. The van der Waals surface area contributed by atoms with Gasteiger partial charge in [0.15, 0.2) is 16.4 Å². The number of aryl methyl sites for hydroxylation is 1. The Kier molecular flexibility index (Phi) is 5.82. The summed E-state index contributed by atoms with van der Waals surface area (Å²) in [5, 5.41) is 6.82. The molecule has 2 aromatic rings. The maximum Gasteiger partial charge on any atom is 0.242 e. The first kappa shape index (κ1) is 18.3. The first-order valence-corrected chi connectivity index (χ1v) is 8.10. The average Bonchev–Trinajstić information content (AvgIpc) is 2.89. The van der Waals surface area contributed by atoms with Crippen molar-refractivity contribution in [2.75, 3.05) is 7.05 Å².